The van der Waals surface area contributed by atoms with Crippen LogP contribution in [0.15, 0.2) is 48.8 Å². The lowest BCUT2D eigenvalue weighted by molar-refractivity contribution is 0.577. The molecule has 1 aliphatic rings. The number of pyridine rings is 1. The summed E-state index contributed by atoms with van der Waals surface area (Å²) in [6.45, 7) is 1.01. The van der Waals surface area contributed by atoms with Gasteiger partial charge in [0.25, 0.3) is 0 Å². The van der Waals surface area contributed by atoms with Crippen LogP contribution in [0.5, 0.6) is 0 Å². The third-order valence-electron chi connectivity index (χ3n) is 3.50. The zero-order valence-electron chi connectivity index (χ0n) is 10.9. The average Bonchev–Trinajstić information content (AvgIpc) is 2.49. The van der Waals surface area contributed by atoms with Crippen molar-refractivity contribution in [3.05, 3.63) is 65.5 Å². The number of rotatable bonds is 4. The summed E-state index contributed by atoms with van der Waals surface area (Å²) in [4.78, 5) is 4.15. The highest BCUT2D eigenvalue weighted by Gasteiger charge is 2.18. The van der Waals surface area contributed by atoms with Gasteiger partial charge in [-0.05, 0) is 35.7 Å². The monoisotopic (exact) mass is 270 g/mol. The van der Waals surface area contributed by atoms with E-state index in [0.29, 0.717) is 6.04 Å². The first-order valence-corrected chi connectivity index (χ1v) is 7.87. The normalized spacial score (nSPS) is 18.0. The van der Waals surface area contributed by atoms with Crippen LogP contribution in [-0.2, 0) is 12.2 Å². The topological polar surface area (TPSA) is 24.9 Å². The molecule has 0 saturated heterocycles. The van der Waals surface area contributed by atoms with Gasteiger partial charge in [-0.25, -0.2) is 0 Å². The third kappa shape index (κ3) is 3.17. The van der Waals surface area contributed by atoms with Crippen molar-refractivity contribution in [2.75, 3.05) is 12.3 Å². The fourth-order valence-electron chi connectivity index (χ4n) is 2.49. The predicted molar refractivity (Wildman–Crippen MR) is 81.3 cm³/mol. The van der Waals surface area contributed by atoms with Gasteiger partial charge in [-0.1, -0.05) is 30.3 Å². The number of benzene rings is 1. The lowest BCUT2D eigenvalue weighted by atomic mass is 10.0. The van der Waals surface area contributed by atoms with Crippen LogP contribution in [0.4, 0.5) is 0 Å². The minimum atomic E-state index is 0.492. The predicted octanol–water partition coefficient (Wildman–Crippen LogP) is 3.20. The van der Waals surface area contributed by atoms with Crippen LogP contribution in [0.3, 0.4) is 0 Å². The molecular weight excluding hydrogens is 252 g/mol. The Balaban J connectivity index is 1.59. The van der Waals surface area contributed by atoms with E-state index >= 15 is 0 Å². The molecule has 0 spiro atoms. The van der Waals surface area contributed by atoms with E-state index in [-0.39, 0.29) is 0 Å². The van der Waals surface area contributed by atoms with Crippen molar-refractivity contribution in [3.8, 4) is 0 Å². The molecule has 0 bridgehead atoms. The van der Waals surface area contributed by atoms with Crippen molar-refractivity contribution in [2.24, 2.45) is 0 Å². The summed E-state index contributed by atoms with van der Waals surface area (Å²) in [6.07, 6.45) is 4.81. The van der Waals surface area contributed by atoms with Crippen molar-refractivity contribution >= 4 is 11.8 Å². The van der Waals surface area contributed by atoms with Crippen LogP contribution in [-0.4, -0.2) is 17.3 Å². The van der Waals surface area contributed by atoms with Crippen molar-refractivity contribution in [2.45, 2.75) is 18.2 Å². The number of hydrogen-bond acceptors (Lipinski definition) is 3. The largest absolute Gasteiger partial charge is 0.309 e. The summed E-state index contributed by atoms with van der Waals surface area (Å²) in [6, 6.07) is 13.4. The number of nitrogens with zero attached hydrogens (tertiary/aromatic N) is 1. The Morgan fingerprint density at radius 1 is 1.21 bits per heavy atom. The van der Waals surface area contributed by atoms with Gasteiger partial charge < -0.3 is 5.32 Å². The highest BCUT2D eigenvalue weighted by atomic mass is 32.2. The van der Waals surface area contributed by atoms with Gasteiger partial charge in [0, 0.05) is 29.9 Å². The van der Waals surface area contributed by atoms with Crippen molar-refractivity contribution in [1.82, 2.24) is 10.3 Å². The van der Waals surface area contributed by atoms with Gasteiger partial charge in [0.15, 0.2) is 0 Å². The zero-order chi connectivity index (χ0) is 12.9. The van der Waals surface area contributed by atoms with Gasteiger partial charge in [-0.2, -0.15) is 11.8 Å². The molecule has 0 aliphatic carbocycles. The number of thioether (sulfide) groups is 1. The van der Waals surface area contributed by atoms with Gasteiger partial charge in [0.2, 0.25) is 0 Å². The molecule has 1 unspecified atom stereocenters. The van der Waals surface area contributed by atoms with Gasteiger partial charge >= 0.3 is 0 Å². The van der Waals surface area contributed by atoms with Crippen molar-refractivity contribution < 1.29 is 0 Å². The Morgan fingerprint density at radius 2 is 2.16 bits per heavy atom. The first kappa shape index (κ1) is 12.7. The number of nitrogens with one attached hydrogen (secondary N) is 1. The molecule has 2 nitrogen and oxygen atoms in total. The van der Waals surface area contributed by atoms with Crippen LogP contribution in [0, 0.1) is 0 Å². The fraction of sp³-hybridized carbons (Fsp3) is 0.312. The van der Waals surface area contributed by atoms with Crippen LogP contribution >= 0.6 is 11.8 Å². The average molecular weight is 270 g/mol. The molecule has 0 radical (unpaired) electrons. The van der Waals surface area contributed by atoms with Crippen molar-refractivity contribution in [3.63, 3.8) is 0 Å². The summed E-state index contributed by atoms with van der Waals surface area (Å²) < 4.78 is 0. The Morgan fingerprint density at radius 3 is 3.05 bits per heavy atom. The van der Waals surface area contributed by atoms with E-state index in [4.69, 9.17) is 0 Å². The second-order valence-electron chi connectivity index (χ2n) is 4.83. The van der Waals surface area contributed by atoms with Gasteiger partial charge in [-0.15, -0.1) is 0 Å². The van der Waals surface area contributed by atoms with E-state index in [1.807, 2.05) is 30.2 Å². The van der Waals surface area contributed by atoms with Gasteiger partial charge in [0.05, 0.1) is 0 Å². The summed E-state index contributed by atoms with van der Waals surface area (Å²) in [5, 5.41) is 3.68. The van der Waals surface area contributed by atoms with Crippen LogP contribution < -0.4 is 5.32 Å². The fourth-order valence-corrected chi connectivity index (χ4v) is 3.62. The smallest absolute Gasteiger partial charge is 0.0415 e. The minimum absolute atomic E-state index is 0.492. The highest BCUT2D eigenvalue weighted by molar-refractivity contribution is 7.98. The second-order valence-corrected chi connectivity index (χ2v) is 5.86. The molecule has 2 heterocycles. The van der Waals surface area contributed by atoms with E-state index in [0.717, 1.165) is 18.7 Å². The first-order chi connectivity index (χ1) is 9.43. The van der Waals surface area contributed by atoms with E-state index in [9.17, 15) is 0 Å². The highest BCUT2D eigenvalue weighted by Crippen LogP contribution is 2.31. The molecule has 3 heteroatoms. The maximum Gasteiger partial charge on any atom is 0.0415 e. The molecule has 1 aliphatic heterocycles. The van der Waals surface area contributed by atoms with Crippen LogP contribution in [0.25, 0.3) is 0 Å². The maximum absolute atomic E-state index is 4.15. The molecule has 1 aromatic heterocycles. The molecule has 3 rings (SSSR count). The summed E-state index contributed by atoms with van der Waals surface area (Å²) in [7, 11) is 0. The van der Waals surface area contributed by atoms with E-state index in [2.05, 4.69) is 40.6 Å². The maximum atomic E-state index is 4.15. The van der Waals surface area contributed by atoms with E-state index < -0.39 is 0 Å². The standard InChI is InChI=1S/C16H18N2S/c1-2-6-15-14(5-1)11-19-12-16(15)18-9-7-13-4-3-8-17-10-13/h1-6,8,10,16,18H,7,9,11-12H2. The molecule has 2 aromatic rings. The molecule has 0 saturated carbocycles. The second kappa shape index (κ2) is 6.22. The Bertz CT molecular complexity index is 527. The van der Waals surface area contributed by atoms with Crippen LogP contribution in [0.2, 0.25) is 0 Å². The number of fused-ring (bicyclic) bond motifs is 1. The quantitative estimate of drug-likeness (QED) is 0.923. The third-order valence-corrected chi connectivity index (χ3v) is 4.58. The lowest BCUT2D eigenvalue weighted by Crippen LogP contribution is -2.28. The molecule has 19 heavy (non-hydrogen) atoms. The molecule has 1 N–H and O–H groups in total. The SMILES string of the molecule is c1cncc(CCNC2CSCc3ccccc32)c1. The molecule has 1 aromatic carbocycles. The Kier molecular flexibility index (Phi) is 4.16. The van der Waals surface area contributed by atoms with Crippen LogP contribution in [0.1, 0.15) is 22.7 Å². The summed E-state index contributed by atoms with van der Waals surface area (Å²) in [5.41, 5.74) is 4.26. The molecule has 0 amide bonds. The molecular formula is C16H18N2S. The van der Waals surface area contributed by atoms with E-state index in [1.165, 1.54) is 22.4 Å². The van der Waals surface area contributed by atoms with Crippen molar-refractivity contribution in [1.29, 1.82) is 0 Å². The Hall–Kier alpha value is -1.32. The molecule has 1 atom stereocenters. The molecule has 0 fully saturated rings. The van der Waals surface area contributed by atoms with E-state index in [1.54, 1.807) is 0 Å². The summed E-state index contributed by atoms with van der Waals surface area (Å²) >= 11 is 2.02. The first-order valence-electron chi connectivity index (χ1n) is 6.71. The number of aromatic nitrogens is 1. The minimum Gasteiger partial charge on any atom is -0.309 e. The van der Waals surface area contributed by atoms with Gasteiger partial charge in [-0.3, -0.25) is 4.98 Å². The molecule has 98 valence electrons. The number of hydrogen-bond donors (Lipinski definition) is 1. The lowest BCUT2D eigenvalue weighted by Gasteiger charge is -2.26. The summed E-state index contributed by atoms with van der Waals surface area (Å²) in [5.74, 6) is 2.32. The van der Waals surface area contributed by atoms with Gasteiger partial charge in [0.1, 0.15) is 0 Å². The Labute approximate surface area is 118 Å². The zero-order valence-corrected chi connectivity index (χ0v) is 11.7.